The van der Waals surface area contributed by atoms with Crippen LogP contribution in [0.25, 0.3) is 10.2 Å². The predicted octanol–water partition coefficient (Wildman–Crippen LogP) is 1.94. The van der Waals surface area contributed by atoms with Gasteiger partial charge in [0, 0.05) is 10.4 Å². The van der Waals surface area contributed by atoms with Gasteiger partial charge in [0.05, 0.1) is 11.9 Å². The number of carbonyl (C=O) groups is 1. The highest BCUT2D eigenvalue weighted by molar-refractivity contribution is 7.18. The molecule has 0 radical (unpaired) electrons. The summed E-state index contributed by atoms with van der Waals surface area (Å²) in [7, 11) is 0. The lowest BCUT2D eigenvalue weighted by Crippen LogP contribution is -2.36. The minimum Gasteiger partial charge on any atom is -0.298 e. The van der Waals surface area contributed by atoms with Crippen LogP contribution in [0.5, 0.6) is 0 Å². The summed E-state index contributed by atoms with van der Waals surface area (Å²) >= 11 is 1.35. The Morgan fingerprint density at radius 2 is 1.95 bits per heavy atom. The number of carbonyl (C=O) groups excluding carboxylic acids is 1. The Labute approximate surface area is 123 Å². The molecule has 0 fully saturated rings. The SMILES string of the molecule is Cc1cc2c(=O)n(CC(=O)c3ccccc3)c(=O)[nH]c2s1. The van der Waals surface area contributed by atoms with Crippen LogP contribution >= 0.6 is 11.3 Å². The number of fused-ring (bicyclic) bond motifs is 1. The molecule has 0 bridgehead atoms. The Balaban J connectivity index is 2.07. The van der Waals surface area contributed by atoms with Gasteiger partial charge in [-0.3, -0.25) is 19.1 Å². The zero-order valence-electron chi connectivity index (χ0n) is 11.3. The zero-order chi connectivity index (χ0) is 15.0. The van der Waals surface area contributed by atoms with Crippen LogP contribution in [0.1, 0.15) is 15.2 Å². The fourth-order valence-corrected chi connectivity index (χ4v) is 3.06. The van der Waals surface area contributed by atoms with Crippen molar-refractivity contribution in [3.63, 3.8) is 0 Å². The molecular formula is C15H12N2O3S. The maximum atomic E-state index is 12.3. The van der Waals surface area contributed by atoms with Crippen LogP contribution in [-0.4, -0.2) is 15.3 Å². The molecule has 5 nitrogen and oxygen atoms in total. The molecule has 0 saturated carbocycles. The van der Waals surface area contributed by atoms with Gasteiger partial charge in [0.2, 0.25) is 0 Å². The van der Waals surface area contributed by atoms with Gasteiger partial charge in [-0.2, -0.15) is 0 Å². The lowest BCUT2D eigenvalue weighted by molar-refractivity contribution is 0.0969. The molecule has 0 aliphatic rings. The molecule has 0 aliphatic carbocycles. The zero-order valence-corrected chi connectivity index (χ0v) is 12.1. The molecule has 1 aromatic carbocycles. The molecule has 0 spiro atoms. The highest BCUT2D eigenvalue weighted by Crippen LogP contribution is 2.18. The quantitative estimate of drug-likeness (QED) is 0.751. The number of thiophene rings is 1. The molecule has 2 heterocycles. The first-order chi connectivity index (χ1) is 10.1. The highest BCUT2D eigenvalue weighted by atomic mass is 32.1. The molecule has 0 aliphatic heterocycles. The molecule has 106 valence electrons. The number of H-pyrrole nitrogens is 1. The number of aromatic amines is 1. The monoisotopic (exact) mass is 300 g/mol. The Hall–Kier alpha value is -2.47. The fourth-order valence-electron chi connectivity index (χ4n) is 2.17. The summed E-state index contributed by atoms with van der Waals surface area (Å²) in [4.78, 5) is 40.6. The molecule has 3 rings (SSSR count). The van der Waals surface area contributed by atoms with Crippen LogP contribution in [0.15, 0.2) is 46.0 Å². The van der Waals surface area contributed by atoms with Gasteiger partial charge in [-0.15, -0.1) is 11.3 Å². The summed E-state index contributed by atoms with van der Waals surface area (Å²) in [5, 5.41) is 0.443. The van der Waals surface area contributed by atoms with E-state index in [2.05, 4.69) is 4.98 Å². The van der Waals surface area contributed by atoms with Gasteiger partial charge in [-0.25, -0.2) is 4.79 Å². The van der Waals surface area contributed by atoms with Crippen molar-refractivity contribution >= 4 is 27.3 Å². The van der Waals surface area contributed by atoms with Crippen molar-refractivity contribution in [1.82, 2.24) is 9.55 Å². The van der Waals surface area contributed by atoms with Crippen molar-refractivity contribution in [3.8, 4) is 0 Å². The van der Waals surface area contributed by atoms with Gasteiger partial charge < -0.3 is 0 Å². The first-order valence-corrected chi connectivity index (χ1v) is 7.19. The van der Waals surface area contributed by atoms with Crippen LogP contribution in [0.4, 0.5) is 0 Å². The number of ketones is 1. The molecular weight excluding hydrogens is 288 g/mol. The number of rotatable bonds is 3. The highest BCUT2D eigenvalue weighted by Gasteiger charge is 2.13. The number of aromatic nitrogens is 2. The van der Waals surface area contributed by atoms with Crippen molar-refractivity contribution in [1.29, 1.82) is 0 Å². The van der Waals surface area contributed by atoms with E-state index in [1.165, 1.54) is 11.3 Å². The average Bonchev–Trinajstić information content (AvgIpc) is 2.85. The molecule has 2 aromatic heterocycles. The van der Waals surface area contributed by atoms with Crippen molar-refractivity contribution in [2.24, 2.45) is 0 Å². The van der Waals surface area contributed by atoms with E-state index in [4.69, 9.17) is 0 Å². The largest absolute Gasteiger partial charge is 0.329 e. The van der Waals surface area contributed by atoms with Gasteiger partial charge in [0.1, 0.15) is 4.83 Å². The van der Waals surface area contributed by atoms with E-state index in [9.17, 15) is 14.4 Å². The van der Waals surface area contributed by atoms with E-state index in [1.807, 2.05) is 6.92 Å². The van der Waals surface area contributed by atoms with E-state index < -0.39 is 11.2 Å². The number of nitrogens with zero attached hydrogens (tertiary/aromatic N) is 1. The number of benzene rings is 1. The van der Waals surface area contributed by atoms with E-state index in [0.717, 1.165) is 9.44 Å². The Morgan fingerprint density at radius 3 is 2.67 bits per heavy atom. The Bertz CT molecular complexity index is 935. The van der Waals surface area contributed by atoms with Crippen molar-refractivity contribution < 1.29 is 4.79 Å². The molecule has 21 heavy (non-hydrogen) atoms. The molecule has 3 aromatic rings. The summed E-state index contributed by atoms with van der Waals surface area (Å²) in [6.45, 7) is 1.60. The number of hydrogen-bond acceptors (Lipinski definition) is 4. The second-order valence-electron chi connectivity index (χ2n) is 4.71. The second-order valence-corrected chi connectivity index (χ2v) is 5.97. The van der Waals surface area contributed by atoms with Crippen LogP contribution in [0, 0.1) is 6.92 Å². The molecule has 0 saturated heterocycles. The maximum absolute atomic E-state index is 12.3. The third-order valence-corrected chi connectivity index (χ3v) is 4.16. The van der Waals surface area contributed by atoms with Crippen LogP contribution in [-0.2, 0) is 6.54 Å². The van der Waals surface area contributed by atoms with Crippen LogP contribution in [0.2, 0.25) is 0 Å². The van der Waals surface area contributed by atoms with E-state index in [1.54, 1.807) is 36.4 Å². The van der Waals surface area contributed by atoms with Crippen molar-refractivity contribution in [2.75, 3.05) is 0 Å². The van der Waals surface area contributed by atoms with Crippen LogP contribution < -0.4 is 11.2 Å². The predicted molar refractivity (Wildman–Crippen MR) is 82.2 cm³/mol. The van der Waals surface area contributed by atoms with E-state index >= 15 is 0 Å². The van der Waals surface area contributed by atoms with Gasteiger partial charge >= 0.3 is 5.69 Å². The molecule has 0 atom stereocenters. The Kier molecular flexibility index (Phi) is 3.31. The number of nitrogens with one attached hydrogen (secondary N) is 1. The summed E-state index contributed by atoms with van der Waals surface area (Å²) in [6, 6.07) is 10.3. The third-order valence-electron chi connectivity index (χ3n) is 3.19. The first kappa shape index (κ1) is 13.5. The Morgan fingerprint density at radius 1 is 1.24 bits per heavy atom. The van der Waals surface area contributed by atoms with Crippen LogP contribution in [0.3, 0.4) is 0 Å². The second kappa shape index (κ2) is 5.14. The maximum Gasteiger partial charge on any atom is 0.329 e. The number of aryl methyl sites for hydroxylation is 1. The summed E-state index contributed by atoms with van der Waals surface area (Å²) in [5.74, 6) is -0.269. The number of Topliss-reactive ketones (excluding diaryl/α,β-unsaturated/α-hetero) is 1. The normalized spacial score (nSPS) is 10.9. The number of hydrogen-bond donors (Lipinski definition) is 1. The molecule has 1 N–H and O–H groups in total. The fraction of sp³-hybridized carbons (Fsp3) is 0.133. The van der Waals surface area contributed by atoms with E-state index in [0.29, 0.717) is 15.8 Å². The average molecular weight is 300 g/mol. The standard InChI is InChI=1S/C15H12N2O3S/c1-9-7-11-13(21-9)16-15(20)17(14(11)19)8-12(18)10-5-3-2-4-6-10/h2-7H,8H2,1H3,(H,16,20). The van der Waals surface area contributed by atoms with Gasteiger partial charge in [0.25, 0.3) is 5.56 Å². The molecule has 0 unspecified atom stereocenters. The van der Waals surface area contributed by atoms with Gasteiger partial charge in [-0.1, -0.05) is 30.3 Å². The van der Waals surface area contributed by atoms with Gasteiger partial charge in [-0.05, 0) is 13.0 Å². The van der Waals surface area contributed by atoms with Crippen molar-refractivity contribution in [2.45, 2.75) is 13.5 Å². The summed E-state index contributed by atoms with van der Waals surface area (Å²) in [5.41, 5.74) is -0.508. The summed E-state index contributed by atoms with van der Waals surface area (Å²) < 4.78 is 0.948. The minimum absolute atomic E-state index is 0.261. The topological polar surface area (TPSA) is 71.9 Å². The minimum atomic E-state index is -0.557. The van der Waals surface area contributed by atoms with Crippen molar-refractivity contribution in [3.05, 3.63) is 67.7 Å². The smallest absolute Gasteiger partial charge is 0.298 e. The van der Waals surface area contributed by atoms with Gasteiger partial charge in [0.15, 0.2) is 5.78 Å². The lowest BCUT2D eigenvalue weighted by Gasteiger charge is -2.04. The summed E-state index contributed by atoms with van der Waals surface area (Å²) in [6.07, 6.45) is 0. The lowest BCUT2D eigenvalue weighted by atomic mass is 10.1. The first-order valence-electron chi connectivity index (χ1n) is 6.38. The molecule has 6 heteroatoms. The third kappa shape index (κ3) is 2.45. The molecule has 0 amide bonds. The van der Waals surface area contributed by atoms with E-state index in [-0.39, 0.29) is 12.3 Å².